The van der Waals surface area contributed by atoms with Gasteiger partial charge in [0.1, 0.15) is 23.3 Å². The van der Waals surface area contributed by atoms with Crippen LogP contribution in [0, 0.1) is 0 Å². The molecule has 0 bridgehead atoms. The molecule has 0 aliphatic carbocycles. The summed E-state index contributed by atoms with van der Waals surface area (Å²) in [6, 6.07) is 10.3. The third kappa shape index (κ3) is 3.43. The van der Waals surface area contributed by atoms with Gasteiger partial charge in [0, 0.05) is 19.9 Å². The first-order valence-electron chi connectivity index (χ1n) is 9.03. The average molecular weight is 394 g/mol. The maximum absolute atomic E-state index is 13.1. The fourth-order valence-corrected chi connectivity index (χ4v) is 3.16. The van der Waals surface area contributed by atoms with Crippen LogP contribution < -0.4 is 21.2 Å². The molecule has 4 aromatic rings. The van der Waals surface area contributed by atoms with Gasteiger partial charge in [-0.2, -0.15) is 0 Å². The molecule has 148 valence electrons. The SMILES string of the molecule is COCCNC(=O)c1cc2c(=O)n3ccccc3nc2[n+](Cc2ccco2)c1N. The number of carbonyl (C=O) groups is 1. The van der Waals surface area contributed by atoms with Crippen LogP contribution in [0.5, 0.6) is 0 Å². The molecular weight excluding hydrogens is 374 g/mol. The highest BCUT2D eigenvalue weighted by molar-refractivity contribution is 6.00. The normalized spacial score (nSPS) is 11.2. The van der Waals surface area contributed by atoms with E-state index in [0.717, 1.165) is 0 Å². The molecule has 0 aliphatic rings. The number of hydrogen-bond donors (Lipinski definition) is 2. The number of amides is 1. The monoisotopic (exact) mass is 394 g/mol. The quantitative estimate of drug-likeness (QED) is 0.283. The average Bonchev–Trinajstić information content (AvgIpc) is 3.24. The van der Waals surface area contributed by atoms with Gasteiger partial charge in [-0.15, -0.1) is 0 Å². The highest BCUT2D eigenvalue weighted by Crippen LogP contribution is 2.15. The summed E-state index contributed by atoms with van der Waals surface area (Å²) >= 11 is 0. The third-order valence-corrected chi connectivity index (χ3v) is 4.59. The summed E-state index contributed by atoms with van der Waals surface area (Å²) in [7, 11) is 1.55. The minimum Gasteiger partial charge on any atom is -0.466 e. The van der Waals surface area contributed by atoms with Gasteiger partial charge in [-0.1, -0.05) is 11.1 Å². The molecule has 9 heteroatoms. The van der Waals surface area contributed by atoms with Gasteiger partial charge in [-0.05, 0) is 30.3 Å². The zero-order valence-electron chi connectivity index (χ0n) is 15.8. The van der Waals surface area contributed by atoms with E-state index < -0.39 is 5.91 Å². The summed E-state index contributed by atoms with van der Waals surface area (Å²) in [6.07, 6.45) is 3.18. The number of anilines is 1. The van der Waals surface area contributed by atoms with E-state index in [1.165, 1.54) is 10.5 Å². The summed E-state index contributed by atoms with van der Waals surface area (Å²) < 4.78 is 13.4. The van der Waals surface area contributed by atoms with Crippen LogP contribution in [0.15, 0.2) is 58.1 Å². The Kier molecular flexibility index (Phi) is 4.96. The van der Waals surface area contributed by atoms with E-state index in [2.05, 4.69) is 10.3 Å². The first kappa shape index (κ1) is 18.6. The van der Waals surface area contributed by atoms with E-state index >= 15 is 0 Å². The van der Waals surface area contributed by atoms with Crippen molar-refractivity contribution in [1.82, 2.24) is 14.7 Å². The van der Waals surface area contributed by atoms with E-state index in [1.807, 2.05) is 0 Å². The zero-order valence-corrected chi connectivity index (χ0v) is 15.8. The number of pyridine rings is 2. The van der Waals surface area contributed by atoms with Gasteiger partial charge in [-0.3, -0.25) is 14.0 Å². The fraction of sp³-hybridized carbons (Fsp3) is 0.200. The van der Waals surface area contributed by atoms with Gasteiger partial charge in [0.2, 0.25) is 11.5 Å². The molecule has 0 saturated heterocycles. The molecule has 9 nitrogen and oxygen atoms in total. The Morgan fingerprint density at radius 2 is 2.21 bits per heavy atom. The molecule has 4 aromatic heterocycles. The van der Waals surface area contributed by atoms with Crippen LogP contribution in [-0.4, -0.2) is 35.6 Å². The predicted octanol–water partition coefficient (Wildman–Crippen LogP) is 0.735. The molecule has 0 atom stereocenters. The number of methoxy groups -OCH3 is 1. The standard InChI is InChI=1S/C20H19N5O4/c1-28-10-7-22-19(26)14-11-15-18(23-16-6-2-3-8-24(16)20(15)27)25(17(14)21)12-13-5-4-9-29-13/h2-6,8-9,11,21H,7,10,12H2,1H3,(H,22,26)/p+1. The number of hydrogen-bond acceptors (Lipinski definition) is 6. The van der Waals surface area contributed by atoms with Gasteiger partial charge >= 0.3 is 0 Å². The van der Waals surface area contributed by atoms with Crippen molar-refractivity contribution >= 4 is 28.4 Å². The van der Waals surface area contributed by atoms with Crippen LogP contribution in [0.25, 0.3) is 16.7 Å². The summed E-state index contributed by atoms with van der Waals surface area (Å²) in [5, 5.41) is 3.02. The number of ether oxygens (including phenoxy) is 1. The van der Waals surface area contributed by atoms with Crippen LogP contribution in [0.3, 0.4) is 0 Å². The number of carbonyl (C=O) groups excluding carboxylic acids is 1. The number of nitrogens with one attached hydrogen (secondary N) is 1. The molecule has 0 unspecified atom stereocenters. The first-order valence-corrected chi connectivity index (χ1v) is 9.03. The molecule has 0 aromatic carbocycles. The molecule has 4 heterocycles. The Bertz CT molecular complexity index is 1250. The Morgan fingerprint density at radius 1 is 1.34 bits per heavy atom. The van der Waals surface area contributed by atoms with Crippen LogP contribution >= 0.6 is 0 Å². The van der Waals surface area contributed by atoms with Crippen LogP contribution in [0.2, 0.25) is 0 Å². The minimum absolute atomic E-state index is 0.190. The predicted molar refractivity (Wildman–Crippen MR) is 106 cm³/mol. The molecule has 0 saturated carbocycles. The fourth-order valence-electron chi connectivity index (χ4n) is 3.16. The van der Waals surface area contributed by atoms with Crippen molar-refractivity contribution < 1.29 is 18.5 Å². The molecule has 0 spiro atoms. The summed E-state index contributed by atoms with van der Waals surface area (Å²) in [6.45, 7) is 0.907. The van der Waals surface area contributed by atoms with Crippen molar-refractivity contribution in [2.45, 2.75) is 6.54 Å². The minimum atomic E-state index is -0.396. The van der Waals surface area contributed by atoms with Crippen molar-refractivity contribution in [3.05, 3.63) is 70.5 Å². The van der Waals surface area contributed by atoms with Crippen molar-refractivity contribution in [3.8, 4) is 0 Å². The number of nitrogens with two attached hydrogens (primary N) is 1. The van der Waals surface area contributed by atoms with Crippen molar-refractivity contribution in [3.63, 3.8) is 0 Å². The van der Waals surface area contributed by atoms with E-state index in [-0.39, 0.29) is 28.9 Å². The maximum atomic E-state index is 13.1. The molecule has 3 N–H and O–H groups in total. The van der Waals surface area contributed by atoms with E-state index in [1.54, 1.807) is 54.5 Å². The number of nitrogens with zero attached hydrogens (tertiary/aromatic N) is 3. The van der Waals surface area contributed by atoms with Crippen molar-refractivity contribution in [2.24, 2.45) is 0 Å². The lowest BCUT2D eigenvalue weighted by Gasteiger charge is -2.11. The van der Waals surface area contributed by atoms with Crippen LogP contribution in [-0.2, 0) is 11.3 Å². The van der Waals surface area contributed by atoms with Gasteiger partial charge in [0.25, 0.3) is 17.1 Å². The molecule has 0 radical (unpaired) electrons. The molecule has 29 heavy (non-hydrogen) atoms. The van der Waals surface area contributed by atoms with Crippen molar-refractivity contribution in [2.75, 3.05) is 26.0 Å². The highest BCUT2D eigenvalue weighted by Gasteiger charge is 2.24. The Morgan fingerprint density at radius 3 is 2.97 bits per heavy atom. The Hall–Kier alpha value is -3.72. The summed E-state index contributed by atoms with van der Waals surface area (Å²) in [4.78, 5) is 30.4. The number of aromatic nitrogens is 3. The largest absolute Gasteiger partial charge is 0.466 e. The van der Waals surface area contributed by atoms with Gasteiger partial charge in [0.15, 0.2) is 0 Å². The van der Waals surface area contributed by atoms with Crippen LogP contribution in [0.4, 0.5) is 5.82 Å². The first-order chi connectivity index (χ1) is 14.1. The Labute approximate surface area is 165 Å². The van der Waals surface area contributed by atoms with E-state index in [9.17, 15) is 9.59 Å². The number of nitrogen functional groups attached to an aromatic ring is 1. The molecule has 1 amide bonds. The zero-order chi connectivity index (χ0) is 20.4. The topological polar surface area (TPSA) is 116 Å². The smallest absolute Gasteiger partial charge is 0.278 e. The van der Waals surface area contributed by atoms with E-state index in [0.29, 0.717) is 30.2 Å². The molecule has 0 aliphatic heterocycles. The maximum Gasteiger partial charge on any atom is 0.278 e. The lowest BCUT2D eigenvalue weighted by molar-refractivity contribution is -0.651. The lowest BCUT2D eigenvalue weighted by atomic mass is 10.1. The second kappa shape index (κ2) is 7.72. The molecule has 4 rings (SSSR count). The highest BCUT2D eigenvalue weighted by atomic mass is 16.5. The second-order valence-corrected chi connectivity index (χ2v) is 6.44. The van der Waals surface area contributed by atoms with Gasteiger partial charge in [0.05, 0.1) is 12.9 Å². The summed E-state index contributed by atoms with van der Waals surface area (Å²) in [5.74, 6) is 0.415. The Balaban J connectivity index is 1.96. The third-order valence-electron chi connectivity index (χ3n) is 4.59. The van der Waals surface area contributed by atoms with Crippen LogP contribution in [0.1, 0.15) is 16.1 Å². The lowest BCUT2D eigenvalue weighted by Crippen LogP contribution is -2.43. The number of furan rings is 1. The second-order valence-electron chi connectivity index (χ2n) is 6.44. The summed E-state index contributed by atoms with van der Waals surface area (Å²) in [5.41, 5.74) is 7.11. The van der Waals surface area contributed by atoms with Crippen molar-refractivity contribution in [1.29, 1.82) is 0 Å². The number of fused-ring (bicyclic) bond motifs is 2. The number of rotatable bonds is 6. The molecule has 0 fully saturated rings. The van der Waals surface area contributed by atoms with Gasteiger partial charge in [-0.25, -0.2) is 4.57 Å². The molecular formula is C20H20N5O4+. The van der Waals surface area contributed by atoms with E-state index in [4.69, 9.17) is 14.9 Å². The van der Waals surface area contributed by atoms with Gasteiger partial charge < -0.3 is 20.2 Å².